The Balaban J connectivity index is 1.47. The number of aliphatic hydroxyl groups is 1. The van der Waals surface area contributed by atoms with Crippen LogP contribution in [0.2, 0.25) is 0 Å². The van der Waals surface area contributed by atoms with Gasteiger partial charge in [-0.2, -0.15) is 0 Å². The van der Waals surface area contributed by atoms with Crippen molar-refractivity contribution in [2.45, 2.75) is 25.0 Å². The summed E-state index contributed by atoms with van der Waals surface area (Å²) in [6.45, 7) is 2.99. The smallest absolute Gasteiger partial charge is 0.414 e. The third-order valence-corrected chi connectivity index (χ3v) is 5.17. The van der Waals surface area contributed by atoms with Crippen LogP contribution in [0.25, 0.3) is 0 Å². The highest BCUT2D eigenvalue weighted by Gasteiger charge is 2.39. The molecule has 1 aromatic carbocycles. The zero-order chi connectivity index (χ0) is 15.8. The van der Waals surface area contributed by atoms with Crippen molar-refractivity contribution in [3.8, 4) is 5.75 Å². The molecular weight excluding hydrogens is 296 g/mol. The number of nitrogens with zero attached hydrogens (tertiary/aromatic N) is 1. The Morgan fingerprint density at radius 3 is 2.87 bits per heavy atom. The number of hydrogen-bond acceptors (Lipinski definition) is 5. The summed E-state index contributed by atoms with van der Waals surface area (Å²) >= 11 is 0. The minimum absolute atomic E-state index is 0.183. The molecule has 1 amide bonds. The maximum absolute atomic E-state index is 11.7. The summed E-state index contributed by atoms with van der Waals surface area (Å²) in [6.07, 6.45) is 0.725. The highest BCUT2D eigenvalue weighted by molar-refractivity contribution is 5.89. The van der Waals surface area contributed by atoms with E-state index in [0.717, 1.165) is 31.6 Å². The van der Waals surface area contributed by atoms with Crippen LogP contribution in [-0.2, 0) is 4.74 Å². The Bertz CT molecular complexity index is 594. The molecule has 1 saturated carbocycles. The lowest BCUT2D eigenvalue weighted by molar-refractivity contribution is -0.0231. The lowest BCUT2D eigenvalue weighted by atomic mass is 9.78. The van der Waals surface area contributed by atoms with E-state index in [-0.39, 0.29) is 12.2 Å². The number of carbonyl (C=O) groups is 1. The van der Waals surface area contributed by atoms with Crippen LogP contribution in [0.5, 0.6) is 5.75 Å². The van der Waals surface area contributed by atoms with Gasteiger partial charge in [0, 0.05) is 6.07 Å². The number of carbonyl (C=O) groups excluding carboxylic acids is 1. The van der Waals surface area contributed by atoms with Crippen molar-refractivity contribution in [1.82, 2.24) is 5.32 Å². The van der Waals surface area contributed by atoms with Crippen molar-refractivity contribution in [2.75, 3.05) is 31.1 Å². The number of nitrogens with one attached hydrogen (secondary N) is 1. The summed E-state index contributed by atoms with van der Waals surface area (Å²) < 4.78 is 11.0. The summed E-state index contributed by atoms with van der Waals surface area (Å²) in [5.41, 5.74) is 0.774. The molecule has 124 valence electrons. The molecule has 0 unspecified atom stereocenters. The molecule has 0 bridgehead atoms. The first-order valence-corrected chi connectivity index (χ1v) is 8.30. The van der Waals surface area contributed by atoms with E-state index in [1.807, 2.05) is 24.3 Å². The predicted molar refractivity (Wildman–Crippen MR) is 84.6 cm³/mol. The van der Waals surface area contributed by atoms with Gasteiger partial charge in [-0.05, 0) is 49.9 Å². The van der Waals surface area contributed by atoms with E-state index in [1.54, 1.807) is 4.90 Å². The van der Waals surface area contributed by atoms with Gasteiger partial charge in [0.2, 0.25) is 0 Å². The Morgan fingerprint density at radius 2 is 2.09 bits per heavy atom. The van der Waals surface area contributed by atoms with Gasteiger partial charge in [0.25, 0.3) is 0 Å². The Hall–Kier alpha value is -1.79. The van der Waals surface area contributed by atoms with Crippen LogP contribution >= 0.6 is 0 Å². The molecule has 6 nitrogen and oxygen atoms in total. The first kappa shape index (κ1) is 14.8. The molecule has 0 radical (unpaired) electrons. The van der Waals surface area contributed by atoms with Gasteiger partial charge in [0.05, 0.1) is 18.3 Å². The van der Waals surface area contributed by atoms with E-state index in [0.29, 0.717) is 30.7 Å². The SMILES string of the molecule is O=C1OCCN1c1cccc(O[C@@H]2C[C@@H]3CNC[C@@H]3C[C@H]2O)c1. The topological polar surface area (TPSA) is 71.0 Å². The van der Waals surface area contributed by atoms with Crippen molar-refractivity contribution in [1.29, 1.82) is 0 Å². The number of ether oxygens (including phenoxy) is 2. The number of fused-ring (bicyclic) bond motifs is 1. The van der Waals surface area contributed by atoms with Crippen molar-refractivity contribution < 1.29 is 19.4 Å². The van der Waals surface area contributed by atoms with Crippen molar-refractivity contribution in [3.05, 3.63) is 24.3 Å². The van der Waals surface area contributed by atoms with Gasteiger partial charge in [-0.3, -0.25) is 4.90 Å². The fourth-order valence-electron chi connectivity index (χ4n) is 3.91. The molecule has 2 heterocycles. The number of rotatable bonds is 3. The summed E-state index contributed by atoms with van der Waals surface area (Å²) in [7, 11) is 0. The largest absolute Gasteiger partial charge is 0.488 e. The standard InChI is InChI=1S/C17H22N2O4/c20-15-6-11-9-18-10-12(11)7-16(15)23-14-3-1-2-13(8-14)19-4-5-22-17(19)21/h1-3,8,11-12,15-16,18,20H,4-7,9-10H2/t11-,12+,15+,16+/m0/s1. The number of aliphatic hydroxyl groups excluding tert-OH is 1. The molecule has 3 aliphatic rings. The number of amides is 1. The highest BCUT2D eigenvalue weighted by Crippen LogP contribution is 2.35. The van der Waals surface area contributed by atoms with Crippen LogP contribution in [0.15, 0.2) is 24.3 Å². The normalized spacial score (nSPS) is 33.4. The van der Waals surface area contributed by atoms with Gasteiger partial charge < -0.3 is 19.9 Å². The number of anilines is 1. The number of hydrogen-bond donors (Lipinski definition) is 2. The molecular formula is C17H22N2O4. The molecule has 4 rings (SSSR count). The third-order valence-electron chi connectivity index (χ3n) is 5.17. The Labute approximate surface area is 135 Å². The van der Waals surface area contributed by atoms with E-state index in [1.165, 1.54) is 0 Å². The zero-order valence-corrected chi connectivity index (χ0v) is 13.0. The molecule has 23 heavy (non-hydrogen) atoms. The van der Waals surface area contributed by atoms with E-state index in [2.05, 4.69) is 5.32 Å². The van der Waals surface area contributed by atoms with Gasteiger partial charge in [-0.1, -0.05) is 6.07 Å². The zero-order valence-electron chi connectivity index (χ0n) is 13.0. The number of benzene rings is 1. The Morgan fingerprint density at radius 1 is 1.26 bits per heavy atom. The molecule has 0 aromatic heterocycles. The van der Waals surface area contributed by atoms with Crippen LogP contribution in [0.3, 0.4) is 0 Å². The van der Waals surface area contributed by atoms with Crippen LogP contribution < -0.4 is 15.0 Å². The fourth-order valence-corrected chi connectivity index (χ4v) is 3.91. The summed E-state index contributed by atoms with van der Waals surface area (Å²) in [6, 6.07) is 7.45. The monoisotopic (exact) mass is 318 g/mol. The van der Waals surface area contributed by atoms with Gasteiger partial charge in [-0.25, -0.2) is 4.79 Å². The van der Waals surface area contributed by atoms with Crippen molar-refractivity contribution in [2.24, 2.45) is 11.8 Å². The molecule has 1 aromatic rings. The lowest BCUT2D eigenvalue weighted by Gasteiger charge is -2.35. The molecule has 2 saturated heterocycles. The van der Waals surface area contributed by atoms with Crippen LogP contribution in [0.4, 0.5) is 10.5 Å². The van der Waals surface area contributed by atoms with E-state index >= 15 is 0 Å². The maximum Gasteiger partial charge on any atom is 0.414 e. The minimum atomic E-state index is -0.434. The molecule has 3 fully saturated rings. The average Bonchev–Trinajstić information content (AvgIpc) is 3.16. The second kappa shape index (κ2) is 6.02. The maximum atomic E-state index is 11.7. The van der Waals surface area contributed by atoms with Crippen LogP contribution in [-0.4, -0.2) is 49.6 Å². The minimum Gasteiger partial charge on any atom is -0.488 e. The van der Waals surface area contributed by atoms with Gasteiger partial charge in [-0.15, -0.1) is 0 Å². The molecule has 4 atom stereocenters. The molecule has 2 aliphatic heterocycles. The quantitative estimate of drug-likeness (QED) is 0.881. The average molecular weight is 318 g/mol. The molecule has 6 heteroatoms. The van der Waals surface area contributed by atoms with Crippen LogP contribution in [0, 0.1) is 11.8 Å². The van der Waals surface area contributed by atoms with Gasteiger partial charge in [0.1, 0.15) is 18.5 Å². The highest BCUT2D eigenvalue weighted by atomic mass is 16.6. The molecule has 2 N–H and O–H groups in total. The lowest BCUT2D eigenvalue weighted by Crippen LogP contribution is -2.42. The van der Waals surface area contributed by atoms with Gasteiger partial charge in [0.15, 0.2) is 0 Å². The summed E-state index contributed by atoms with van der Waals surface area (Å²) in [4.78, 5) is 13.3. The molecule has 1 aliphatic carbocycles. The van der Waals surface area contributed by atoms with Crippen LogP contribution in [0.1, 0.15) is 12.8 Å². The summed E-state index contributed by atoms with van der Waals surface area (Å²) in [5.74, 6) is 1.84. The van der Waals surface area contributed by atoms with E-state index < -0.39 is 6.10 Å². The first-order chi connectivity index (χ1) is 11.2. The van der Waals surface area contributed by atoms with Gasteiger partial charge >= 0.3 is 6.09 Å². The fraction of sp³-hybridized carbons (Fsp3) is 0.588. The third kappa shape index (κ3) is 2.88. The second-order valence-electron chi connectivity index (χ2n) is 6.64. The van der Waals surface area contributed by atoms with E-state index in [9.17, 15) is 9.90 Å². The summed E-state index contributed by atoms with van der Waals surface area (Å²) in [5, 5.41) is 13.8. The van der Waals surface area contributed by atoms with Crippen molar-refractivity contribution >= 4 is 11.8 Å². The van der Waals surface area contributed by atoms with Crippen molar-refractivity contribution in [3.63, 3.8) is 0 Å². The first-order valence-electron chi connectivity index (χ1n) is 8.30. The second-order valence-corrected chi connectivity index (χ2v) is 6.64. The number of cyclic esters (lactones) is 1. The van der Waals surface area contributed by atoms with E-state index in [4.69, 9.17) is 9.47 Å². The Kier molecular flexibility index (Phi) is 3.87. The molecule has 0 spiro atoms. The predicted octanol–water partition coefficient (Wildman–Crippen LogP) is 1.38.